The largest absolute Gasteiger partial charge is 0.412 e. The molecule has 1 fully saturated rings. The molecule has 1 rings (SSSR count). The Balaban J connectivity index is 2.09. The molecule has 0 amide bonds. The van der Waals surface area contributed by atoms with Gasteiger partial charge < -0.3 is 4.52 Å². The van der Waals surface area contributed by atoms with Crippen LogP contribution < -0.4 is 0 Å². The topological polar surface area (TPSA) is 26.3 Å². The van der Waals surface area contributed by atoms with Crippen molar-refractivity contribution in [3.63, 3.8) is 0 Å². The Morgan fingerprint density at radius 2 is 1.81 bits per heavy atom. The van der Waals surface area contributed by atoms with Gasteiger partial charge in [-0.2, -0.15) is 13.2 Å². The van der Waals surface area contributed by atoms with Gasteiger partial charge in [-0.25, -0.2) is 0 Å². The van der Waals surface area contributed by atoms with Gasteiger partial charge in [0.25, 0.3) is 0 Å². The van der Waals surface area contributed by atoms with E-state index < -0.39 is 20.8 Å². The van der Waals surface area contributed by atoms with Crippen molar-refractivity contribution in [2.24, 2.45) is 5.92 Å². The lowest BCUT2D eigenvalue weighted by atomic mass is 9.88. The Labute approximate surface area is 94.4 Å². The fourth-order valence-corrected chi connectivity index (χ4v) is 3.15. The quantitative estimate of drug-likeness (QED) is 0.696. The lowest BCUT2D eigenvalue weighted by Crippen LogP contribution is -2.15. The van der Waals surface area contributed by atoms with Gasteiger partial charge in [-0.05, 0) is 12.3 Å². The summed E-state index contributed by atoms with van der Waals surface area (Å²) in [5.41, 5.74) is 0. The molecule has 0 saturated heterocycles. The molecular weight excluding hydrogens is 240 g/mol. The highest BCUT2D eigenvalue weighted by molar-refractivity contribution is 7.39. The zero-order valence-corrected chi connectivity index (χ0v) is 10.2. The highest BCUT2D eigenvalue weighted by Gasteiger charge is 2.28. The molecule has 96 valence electrons. The third-order valence-electron chi connectivity index (χ3n) is 2.88. The highest BCUT2D eigenvalue weighted by atomic mass is 31.1. The van der Waals surface area contributed by atoms with Crippen LogP contribution in [0.1, 0.15) is 38.5 Å². The van der Waals surface area contributed by atoms with Gasteiger partial charge in [0.05, 0.1) is 0 Å². The normalized spacial score (nSPS) is 20.9. The van der Waals surface area contributed by atoms with Crippen LogP contribution in [0.5, 0.6) is 0 Å². The molecule has 0 N–H and O–H groups in total. The van der Waals surface area contributed by atoms with Crippen LogP contribution in [0.25, 0.3) is 0 Å². The Morgan fingerprint density at radius 3 is 2.38 bits per heavy atom. The van der Waals surface area contributed by atoms with E-state index in [-0.39, 0.29) is 0 Å². The van der Waals surface area contributed by atoms with Gasteiger partial charge in [-0.1, -0.05) is 32.1 Å². The van der Waals surface area contributed by atoms with E-state index in [1.54, 1.807) is 0 Å². The Hall–Kier alpha value is -0.0200. The van der Waals surface area contributed by atoms with Gasteiger partial charge in [0, 0.05) is 6.16 Å². The molecule has 1 saturated carbocycles. The molecule has 0 spiro atoms. The molecule has 0 bridgehead atoms. The Bertz CT molecular complexity index is 225. The van der Waals surface area contributed by atoms with Crippen molar-refractivity contribution in [1.29, 1.82) is 0 Å². The van der Waals surface area contributed by atoms with Crippen molar-refractivity contribution in [3.8, 4) is 0 Å². The first kappa shape index (κ1) is 14.0. The summed E-state index contributed by atoms with van der Waals surface area (Å²) in [5.74, 6) is 0.539. The molecule has 6 heteroatoms. The summed E-state index contributed by atoms with van der Waals surface area (Å²) in [4.78, 5) is 0. The summed E-state index contributed by atoms with van der Waals surface area (Å²) in [7, 11) is -2.49. The third-order valence-corrected chi connectivity index (χ3v) is 4.04. The fourth-order valence-electron chi connectivity index (χ4n) is 2.03. The second kappa shape index (κ2) is 6.65. The molecule has 1 unspecified atom stereocenters. The maximum atomic E-state index is 11.8. The van der Waals surface area contributed by atoms with Crippen molar-refractivity contribution in [2.45, 2.75) is 44.7 Å². The van der Waals surface area contributed by atoms with Gasteiger partial charge in [-0.15, -0.1) is 0 Å². The lowest BCUT2D eigenvalue weighted by Gasteiger charge is -2.21. The van der Waals surface area contributed by atoms with E-state index in [2.05, 4.69) is 4.52 Å². The smallest absolute Gasteiger partial charge is 0.321 e. The summed E-state index contributed by atoms with van der Waals surface area (Å²) >= 11 is 0. The Morgan fingerprint density at radius 1 is 1.19 bits per heavy atom. The average Bonchev–Trinajstić information content (AvgIpc) is 2.24. The van der Waals surface area contributed by atoms with Crippen molar-refractivity contribution in [3.05, 3.63) is 0 Å². The lowest BCUT2D eigenvalue weighted by molar-refractivity contribution is -0.152. The van der Waals surface area contributed by atoms with Crippen molar-refractivity contribution in [1.82, 2.24) is 0 Å². The third kappa shape index (κ3) is 6.54. The minimum absolute atomic E-state index is 0.297. The molecule has 16 heavy (non-hydrogen) atoms. The fraction of sp³-hybridized carbons (Fsp3) is 1.00. The standard InChI is InChI=1S/C10H18F3O2P/c11-10(12,13)8-15-16(14)7-6-9-4-2-1-3-5-9/h9,16H,1-8H2. The second-order valence-corrected chi connectivity index (χ2v) is 5.85. The number of hydrogen-bond donors (Lipinski definition) is 0. The SMILES string of the molecule is O=[PH](CCC1CCCCC1)OCC(F)(F)F. The van der Waals surface area contributed by atoms with Crippen LogP contribution in [-0.2, 0) is 9.09 Å². The summed E-state index contributed by atoms with van der Waals surface area (Å²) in [6, 6.07) is 0. The number of hydrogen-bond acceptors (Lipinski definition) is 2. The molecular formula is C10H18F3O2P. The molecule has 1 atom stereocenters. The molecule has 1 aliphatic rings. The molecule has 0 aliphatic heterocycles. The van der Waals surface area contributed by atoms with Crippen molar-refractivity contribution >= 4 is 8.03 Å². The molecule has 1 aliphatic carbocycles. The summed E-state index contributed by atoms with van der Waals surface area (Å²) < 4.78 is 50.8. The molecule has 0 radical (unpaired) electrons. The van der Waals surface area contributed by atoms with Crippen LogP contribution in [0.3, 0.4) is 0 Å². The van der Waals surface area contributed by atoms with E-state index >= 15 is 0 Å². The minimum atomic E-state index is -4.37. The maximum Gasteiger partial charge on any atom is 0.412 e. The van der Waals surface area contributed by atoms with Crippen molar-refractivity contribution in [2.75, 3.05) is 12.8 Å². The van der Waals surface area contributed by atoms with Gasteiger partial charge in [0.15, 0.2) is 8.03 Å². The van der Waals surface area contributed by atoms with E-state index in [0.717, 1.165) is 19.3 Å². The number of alkyl halides is 3. The zero-order chi connectivity index (χ0) is 12.0. The van der Waals surface area contributed by atoms with Crippen LogP contribution in [0.2, 0.25) is 0 Å². The van der Waals surface area contributed by atoms with Crippen LogP contribution in [0.15, 0.2) is 0 Å². The molecule has 0 aromatic heterocycles. The highest BCUT2D eigenvalue weighted by Crippen LogP contribution is 2.33. The van der Waals surface area contributed by atoms with Gasteiger partial charge in [0.2, 0.25) is 0 Å². The van der Waals surface area contributed by atoms with Crippen LogP contribution in [0.4, 0.5) is 13.2 Å². The van der Waals surface area contributed by atoms with E-state index in [9.17, 15) is 17.7 Å². The first-order valence-corrected chi connectivity index (χ1v) is 7.22. The second-order valence-electron chi connectivity index (χ2n) is 4.32. The minimum Gasteiger partial charge on any atom is -0.321 e. The maximum absolute atomic E-state index is 11.8. The van der Waals surface area contributed by atoms with Gasteiger partial charge in [0.1, 0.15) is 6.61 Å². The Kier molecular flexibility index (Phi) is 5.84. The summed E-state index contributed by atoms with van der Waals surface area (Å²) in [5, 5.41) is 0. The van der Waals surface area contributed by atoms with Crippen LogP contribution >= 0.6 is 8.03 Å². The van der Waals surface area contributed by atoms with Gasteiger partial charge in [-0.3, -0.25) is 4.57 Å². The first-order chi connectivity index (χ1) is 7.47. The van der Waals surface area contributed by atoms with Crippen LogP contribution in [0, 0.1) is 5.92 Å². The first-order valence-electron chi connectivity index (χ1n) is 5.70. The van der Waals surface area contributed by atoms with E-state index in [1.165, 1.54) is 19.3 Å². The van der Waals surface area contributed by atoms with Crippen molar-refractivity contribution < 1.29 is 22.3 Å². The zero-order valence-electron chi connectivity index (χ0n) is 9.18. The van der Waals surface area contributed by atoms with Crippen LogP contribution in [-0.4, -0.2) is 18.9 Å². The summed E-state index contributed by atoms with van der Waals surface area (Å²) in [6.45, 7) is -1.38. The number of halogens is 3. The molecule has 2 nitrogen and oxygen atoms in total. The molecule has 0 aromatic carbocycles. The number of rotatable bonds is 5. The average molecular weight is 258 g/mol. The van der Waals surface area contributed by atoms with E-state index in [0.29, 0.717) is 12.1 Å². The predicted octanol–water partition coefficient (Wildman–Crippen LogP) is 4.01. The molecule has 0 aromatic rings. The molecule has 0 heterocycles. The van der Waals surface area contributed by atoms with E-state index in [4.69, 9.17) is 0 Å². The van der Waals surface area contributed by atoms with E-state index in [1.807, 2.05) is 0 Å². The van der Waals surface area contributed by atoms with Gasteiger partial charge >= 0.3 is 6.18 Å². The monoisotopic (exact) mass is 258 g/mol. The predicted molar refractivity (Wildman–Crippen MR) is 57.1 cm³/mol. The summed E-state index contributed by atoms with van der Waals surface area (Å²) in [6.07, 6.45) is 2.54.